The van der Waals surface area contributed by atoms with Gasteiger partial charge >= 0.3 is 0 Å². The molecule has 0 bridgehead atoms. The third-order valence-electron chi connectivity index (χ3n) is 35.9. The molecule has 1 aliphatic heterocycles. The van der Waals surface area contributed by atoms with Gasteiger partial charge in [-0.25, -0.2) is 0 Å². The van der Waals surface area contributed by atoms with Gasteiger partial charge in [-0.1, -0.05) is 468 Å². The average molecular weight is 1880 g/mol. The zero-order chi connectivity index (χ0) is 98.4. The highest BCUT2D eigenvalue weighted by Gasteiger charge is 2.47. The molecule has 0 saturated carbocycles. The van der Waals surface area contributed by atoms with E-state index in [4.69, 9.17) is 4.74 Å². The number of ether oxygens (including phenoxy) is 1. The highest BCUT2D eigenvalue weighted by molar-refractivity contribution is 5.98. The number of fused-ring (bicyclic) bond motifs is 20. The summed E-state index contributed by atoms with van der Waals surface area (Å²) in [5.41, 5.74) is 53.4. The second-order valence-corrected chi connectivity index (χ2v) is 46.1. The Balaban J connectivity index is 0.506. The Morgan fingerprint density at radius 1 is 0.167 bits per heavy atom. The van der Waals surface area contributed by atoms with Crippen molar-refractivity contribution in [3.05, 3.63) is 388 Å². The van der Waals surface area contributed by atoms with Gasteiger partial charge in [0.2, 0.25) is 0 Å². The number of para-hydroxylation sites is 1. The summed E-state index contributed by atoms with van der Waals surface area (Å²) >= 11 is 0. The van der Waals surface area contributed by atoms with Crippen LogP contribution in [0.25, 0.3) is 145 Å². The molecular formula is C142H145NO. The number of anilines is 3. The predicted molar refractivity (Wildman–Crippen MR) is 614 cm³/mol. The first-order chi connectivity index (χ1) is 70.2. The number of benzene rings is 16. The Kier molecular flexibility index (Phi) is 25.4. The molecule has 0 amide bonds. The van der Waals surface area contributed by atoms with Crippen molar-refractivity contribution in [2.75, 3.05) is 4.90 Å². The van der Waals surface area contributed by atoms with Gasteiger partial charge in [-0.2, -0.15) is 0 Å². The van der Waals surface area contributed by atoms with E-state index in [0.29, 0.717) is 0 Å². The highest BCUT2D eigenvalue weighted by Crippen LogP contribution is 2.63. The van der Waals surface area contributed by atoms with E-state index in [1.165, 1.54) is 347 Å². The van der Waals surface area contributed by atoms with Crippen LogP contribution in [0.5, 0.6) is 11.5 Å². The van der Waals surface area contributed by atoms with Crippen molar-refractivity contribution >= 4 is 17.1 Å². The van der Waals surface area contributed by atoms with Gasteiger partial charge in [-0.15, -0.1) is 0 Å². The van der Waals surface area contributed by atoms with E-state index in [0.717, 1.165) is 50.8 Å². The average Bonchev–Trinajstić information content (AvgIpc) is 1.64. The second-order valence-electron chi connectivity index (χ2n) is 46.1. The van der Waals surface area contributed by atoms with Crippen molar-refractivity contribution < 1.29 is 4.74 Å². The lowest BCUT2D eigenvalue weighted by Gasteiger charge is -2.34. The van der Waals surface area contributed by atoms with Gasteiger partial charge in [0.25, 0.3) is 0 Å². The third-order valence-corrected chi connectivity index (χ3v) is 35.9. The van der Waals surface area contributed by atoms with Crippen molar-refractivity contribution in [3.63, 3.8) is 0 Å². The van der Waals surface area contributed by atoms with Crippen LogP contribution in [0.1, 0.15) is 330 Å². The van der Waals surface area contributed by atoms with Crippen molar-refractivity contribution in [2.45, 2.75) is 295 Å². The van der Waals surface area contributed by atoms with Crippen LogP contribution in [0.2, 0.25) is 0 Å². The minimum absolute atomic E-state index is 0.0398. The Bertz CT molecular complexity index is 7180. The Morgan fingerprint density at radius 3 is 0.653 bits per heavy atom. The van der Waals surface area contributed by atoms with E-state index in [2.05, 4.69) is 410 Å². The molecule has 0 aromatic heterocycles. The maximum atomic E-state index is 7.44. The minimum Gasteiger partial charge on any atom is -0.453 e. The van der Waals surface area contributed by atoms with Crippen molar-refractivity contribution in [1.82, 2.24) is 0 Å². The van der Waals surface area contributed by atoms with Crippen molar-refractivity contribution in [1.29, 1.82) is 0 Å². The van der Waals surface area contributed by atoms with E-state index < -0.39 is 0 Å². The van der Waals surface area contributed by atoms with Crippen LogP contribution in [0, 0.1) is 0 Å². The highest BCUT2D eigenvalue weighted by atomic mass is 16.5. The van der Waals surface area contributed by atoms with E-state index in [9.17, 15) is 0 Å². The minimum atomic E-state index is -0.270. The molecule has 6 aliphatic carbocycles. The van der Waals surface area contributed by atoms with Crippen LogP contribution in [0.15, 0.2) is 322 Å². The van der Waals surface area contributed by atoms with Gasteiger partial charge in [0.1, 0.15) is 0 Å². The Labute approximate surface area is 860 Å². The van der Waals surface area contributed by atoms with Crippen LogP contribution < -0.4 is 9.64 Å². The summed E-state index contributed by atoms with van der Waals surface area (Å²) in [7, 11) is 0. The van der Waals surface area contributed by atoms with Gasteiger partial charge in [-0.05, 0) is 323 Å². The lowest BCUT2D eigenvalue weighted by Crippen LogP contribution is -2.25. The fourth-order valence-corrected chi connectivity index (χ4v) is 27.8. The second kappa shape index (κ2) is 38.6. The number of hydrogen-bond donors (Lipinski definition) is 0. The lowest BCUT2D eigenvalue weighted by molar-refractivity contribution is 0.398. The summed E-state index contributed by atoms with van der Waals surface area (Å²) in [6.07, 6.45) is 36.6. The van der Waals surface area contributed by atoms with E-state index >= 15 is 0 Å². The summed E-state index contributed by atoms with van der Waals surface area (Å²) in [6, 6.07) is 126. The molecule has 0 unspecified atom stereocenters. The molecule has 144 heavy (non-hydrogen) atoms. The maximum absolute atomic E-state index is 7.44. The molecule has 0 fully saturated rings. The van der Waals surface area contributed by atoms with Crippen LogP contribution in [-0.2, 0) is 32.5 Å². The van der Waals surface area contributed by atoms with Gasteiger partial charge < -0.3 is 9.64 Å². The smallest absolute Gasteiger partial charge is 0.152 e. The summed E-state index contributed by atoms with van der Waals surface area (Å²) < 4.78 is 7.44. The van der Waals surface area contributed by atoms with Crippen molar-refractivity contribution in [3.8, 4) is 156 Å². The number of rotatable bonds is 36. The number of unbranched alkanes of at least 4 members (excludes halogenated alkanes) is 20. The zero-order valence-electron chi connectivity index (χ0n) is 87.8. The summed E-state index contributed by atoms with van der Waals surface area (Å²) in [4.78, 5) is 2.44. The molecule has 2 heteroatoms. The molecule has 1 heterocycles. The van der Waals surface area contributed by atoms with Gasteiger partial charge in [-0.3, -0.25) is 0 Å². The normalized spacial score (nSPS) is 15.3. The molecule has 23 rings (SSSR count). The fraction of sp³-hybridized carbons (Fsp3) is 0.324. The van der Waals surface area contributed by atoms with Crippen LogP contribution in [-0.4, -0.2) is 0 Å². The van der Waals surface area contributed by atoms with E-state index in [-0.39, 0.29) is 32.5 Å². The first-order valence-corrected chi connectivity index (χ1v) is 55.8. The van der Waals surface area contributed by atoms with E-state index in [1.807, 2.05) is 0 Å². The van der Waals surface area contributed by atoms with Crippen LogP contribution in [0.4, 0.5) is 17.1 Å². The van der Waals surface area contributed by atoms with Gasteiger partial charge in [0.05, 0.1) is 17.1 Å². The first kappa shape index (κ1) is 94.7. The van der Waals surface area contributed by atoms with Crippen LogP contribution in [0.3, 0.4) is 0 Å². The van der Waals surface area contributed by atoms with Crippen LogP contribution >= 0.6 is 0 Å². The summed E-state index contributed by atoms with van der Waals surface area (Å²) in [6.45, 7) is 28.9. The predicted octanol–water partition coefficient (Wildman–Crippen LogP) is 41.7. The molecule has 0 atom stereocenters. The number of nitrogens with zero attached hydrogens (tertiary/aromatic N) is 1. The molecule has 16 aromatic rings. The quantitative estimate of drug-likeness (QED) is 0.0363. The molecular weight excluding hydrogens is 1740 g/mol. The first-order valence-electron chi connectivity index (χ1n) is 55.8. The molecule has 2 nitrogen and oxygen atoms in total. The van der Waals surface area contributed by atoms with Crippen molar-refractivity contribution in [2.24, 2.45) is 0 Å². The zero-order valence-corrected chi connectivity index (χ0v) is 87.8. The summed E-state index contributed by atoms with van der Waals surface area (Å²) in [5, 5.41) is 0. The molecule has 16 aromatic carbocycles. The molecule has 724 valence electrons. The molecule has 7 aliphatic rings. The largest absolute Gasteiger partial charge is 0.453 e. The van der Waals surface area contributed by atoms with Gasteiger partial charge in [0.15, 0.2) is 11.5 Å². The van der Waals surface area contributed by atoms with E-state index in [1.54, 1.807) is 22.3 Å². The van der Waals surface area contributed by atoms with Gasteiger partial charge in [0, 0.05) is 38.1 Å². The third kappa shape index (κ3) is 16.3. The molecule has 0 saturated heterocycles. The fourth-order valence-electron chi connectivity index (χ4n) is 27.8. The number of hydrogen-bond acceptors (Lipinski definition) is 2. The lowest BCUT2D eigenvalue weighted by atomic mass is 9.70. The monoisotopic (exact) mass is 1880 g/mol. The maximum Gasteiger partial charge on any atom is 0.152 e. The summed E-state index contributed by atoms with van der Waals surface area (Å²) in [5.74, 6) is 1.64. The molecule has 0 spiro atoms. The standard InChI is InChI=1S/C142H145NO/c1-13-17-21-25-29-42-78-141(79-43-30-26-22-18-14-2)120-51-39-36-49-108(120)118-74-62-103(90-130(118)141)99-58-70-114-110-66-54-95(82-122(110)137(5,6)126(114)86-99)97-56-68-112-116-72-60-101(88-128(116)139(9,10)124(112)84-97)105-64-76-133-135(92-105)144-136-93-106(65-77-134(136)143(133)132-53-41-38-48-107(132)94-46-34-33-35-47-94)102-61-73-117-113-69-57-98(85-125(113)140(11,12)129(117)89-102)96-55-67-111-115-71-59-100(87-127(115)138(7,8)123(111)83-96)104-63-75-119-109-50-37-40-52-121(109)142(131(119)91-104,80-44-31-27-23-19-15-3)81-45-32-28-24-20-16-4/h33-41,46-77,82-93H,13-32,42-45,78-81H2,1-12H3. The Morgan fingerprint density at radius 2 is 0.375 bits per heavy atom. The molecule has 0 N–H and O–H groups in total. The topological polar surface area (TPSA) is 12.5 Å². The molecule has 0 radical (unpaired) electrons. The SMILES string of the molecule is CCCCCCCCC1(CCCCCCCC)c2ccccc2-c2ccc(-c3ccc4c(c3)C(C)(C)c3cc(-c5ccc6c(c5)C(C)(C)c5cc(-c7ccc8c(c7)Oc7cc(-c9ccc%10c(c9)C(C)(C)c9cc(-c%11ccc%12c(c%11)C(C)(C)c%11cc(-c%13ccc%14c(c%13)C(CCCCCCCC)(CCCCCCCC)c%13ccccc%13-%14)ccc%11-%12)ccc9-%10)ccc7N8c7ccccc7-c7ccccc7)ccc5-6)ccc3-4)cc21. The Hall–Kier alpha value is -12.9.